The number of rotatable bonds is 3. The molecule has 0 aliphatic heterocycles. The van der Waals surface area contributed by atoms with Crippen LogP contribution < -0.4 is 18.0 Å². The maximum Gasteiger partial charge on any atom is 0.310 e. The Bertz CT molecular complexity index is 529. The highest BCUT2D eigenvalue weighted by molar-refractivity contribution is 6.54. The number of hydrogen-bond acceptors (Lipinski definition) is 2. The van der Waals surface area contributed by atoms with E-state index in [-0.39, 0.29) is 30.4 Å². The van der Waals surface area contributed by atoms with Gasteiger partial charge in [-0.15, -0.1) is 20.4 Å². The van der Waals surface area contributed by atoms with Gasteiger partial charge in [-0.3, -0.25) is 9.97 Å². The SMILES string of the molecule is [CH3][AlH][c]1c[c]([AlH][CH3])nc(-c2c[c]([AlH2])c[c]([AlH2])c2)n1. The van der Waals surface area contributed by atoms with E-state index in [9.17, 15) is 0 Å². The third kappa shape index (κ3) is 3.72. The van der Waals surface area contributed by atoms with E-state index in [1.165, 1.54) is 23.5 Å². The lowest BCUT2D eigenvalue weighted by molar-refractivity contribution is 1.23. The molecule has 6 heteroatoms. The number of nitrogens with zero attached hydrogens (tertiary/aromatic N) is 2. The number of aromatic nitrogens is 2. The summed E-state index contributed by atoms with van der Waals surface area (Å²) in [4.78, 5) is 9.51. The molecule has 0 unspecified atom stereocenters. The van der Waals surface area contributed by atoms with E-state index >= 15 is 0 Å². The molecule has 1 aromatic carbocycles. The molecular weight excluding hydrogens is 280 g/mol. The van der Waals surface area contributed by atoms with Crippen molar-refractivity contribution < 1.29 is 0 Å². The molecule has 0 N–H and O–H groups in total. The van der Waals surface area contributed by atoms with E-state index in [0.717, 1.165) is 38.4 Å². The molecule has 0 atom stereocenters. The quantitative estimate of drug-likeness (QED) is 0.560. The summed E-state index contributed by atoms with van der Waals surface area (Å²) in [5.41, 5.74) is 1.24. The van der Waals surface area contributed by atoms with Gasteiger partial charge in [0.25, 0.3) is 32.6 Å². The summed E-state index contributed by atoms with van der Waals surface area (Å²) in [6.07, 6.45) is 0. The summed E-state index contributed by atoms with van der Waals surface area (Å²) in [6.45, 7) is 0. The van der Waals surface area contributed by atoms with Gasteiger partial charge in [0.2, 0.25) is 0 Å². The van der Waals surface area contributed by atoms with Crippen molar-refractivity contribution in [3.05, 3.63) is 24.3 Å². The van der Waals surface area contributed by atoms with Crippen molar-refractivity contribution in [1.82, 2.24) is 9.97 Å². The Kier molecular flexibility index (Phi) is 5.55. The summed E-state index contributed by atoms with van der Waals surface area (Å²) in [5, 5.41) is 0. The largest absolute Gasteiger partial charge is 0.310 e. The van der Waals surface area contributed by atoms with Gasteiger partial charge in [-0.1, -0.05) is 24.3 Å². The summed E-state index contributed by atoms with van der Waals surface area (Å²) >= 11 is 1.82. The van der Waals surface area contributed by atoms with Gasteiger partial charge in [-0.05, 0) is 9.11 Å². The van der Waals surface area contributed by atoms with Crippen molar-refractivity contribution in [1.29, 1.82) is 0 Å². The van der Waals surface area contributed by atoms with Gasteiger partial charge in [0.05, 0.1) is 0 Å². The van der Waals surface area contributed by atoms with Crippen LogP contribution in [0.25, 0.3) is 11.4 Å². The molecule has 0 saturated carbocycles. The Morgan fingerprint density at radius 3 is 1.78 bits per heavy atom. The summed E-state index contributed by atoms with van der Waals surface area (Å²) in [6, 6.07) is 9.10. The average Bonchev–Trinajstić information content (AvgIpc) is 2.37. The topological polar surface area (TPSA) is 25.8 Å². The molecule has 0 saturated heterocycles. The van der Waals surface area contributed by atoms with Crippen LogP contribution in [0.3, 0.4) is 0 Å². The van der Waals surface area contributed by atoms with Crippen LogP contribution in [-0.2, 0) is 0 Å². The van der Waals surface area contributed by atoms with Gasteiger partial charge >= 0.3 is 30.4 Å². The second-order valence-corrected chi connectivity index (χ2v) is 9.93. The molecular formula is C12H16Al4N2. The van der Waals surface area contributed by atoms with E-state index < -0.39 is 0 Å². The fraction of sp³-hybridized carbons (Fsp3) is 0.167. The molecule has 0 bridgehead atoms. The average molecular weight is 296 g/mol. The Morgan fingerprint density at radius 2 is 1.33 bits per heavy atom. The fourth-order valence-corrected chi connectivity index (χ4v) is 6.04. The smallest absolute Gasteiger partial charge is 0.252 e. The van der Waals surface area contributed by atoms with Crippen LogP contribution in [0, 0.1) is 0 Å². The third-order valence-corrected chi connectivity index (χ3v) is 6.36. The lowest BCUT2D eigenvalue weighted by Crippen LogP contribution is -2.28. The first-order valence-electron chi connectivity index (χ1n) is 6.58. The van der Waals surface area contributed by atoms with E-state index in [2.05, 4.69) is 35.8 Å². The second kappa shape index (κ2) is 6.74. The predicted octanol–water partition coefficient (Wildman–Crippen LogP) is -3.12. The van der Waals surface area contributed by atoms with Crippen LogP contribution in [-0.4, -0.2) is 73.0 Å². The summed E-state index contributed by atoms with van der Waals surface area (Å²) in [7, 11) is 0. The van der Waals surface area contributed by atoms with Gasteiger partial charge in [0, 0.05) is 5.56 Å². The van der Waals surface area contributed by atoms with Gasteiger partial charge < -0.3 is 0 Å². The second-order valence-electron chi connectivity index (χ2n) is 4.76. The molecule has 0 amide bonds. The first-order valence-corrected chi connectivity index (χ1v) is 12.8. The molecule has 0 fully saturated rings. The van der Waals surface area contributed by atoms with Crippen LogP contribution in [0.1, 0.15) is 0 Å². The van der Waals surface area contributed by atoms with Crippen molar-refractivity contribution in [2.24, 2.45) is 0 Å². The molecule has 0 aliphatic rings. The van der Waals surface area contributed by atoms with Crippen molar-refractivity contribution in [2.45, 2.75) is 11.6 Å². The predicted molar refractivity (Wildman–Crippen MR) is 89.1 cm³/mol. The monoisotopic (exact) mass is 296 g/mol. The highest BCUT2D eigenvalue weighted by Crippen LogP contribution is 2.08. The van der Waals surface area contributed by atoms with Crippen LogP contribution in [0.5, 0.6) is 0 Å². The zero-order chi connectivity index (χ0) is 13.1. The van der Waals surface area contributed by atoms with Gasteiger partial charge in [-0.25, -0.2) is 0 Å². The number of hydrogen-bond donors (Lipinski definition) is 0. The number of benzene rings is 1. The zero-order valence-corrected chi connectivity index (χ0v) is 18.4. The maximum absolute atomic E-state index is 4.76. The van der Waals surface area contributed by atoms with Crippen LogP contribution in [0.15, 0.2) is 24.3 Å². The maximum atomic E-state index is 4.76. The van der Waals surface area contributed by atoms with Gasteiger partial charge in [0.15, 0.2) is 5.82 Å². The molecule has 2 nitrogen and oxygen atoms in total. The van der Waals surface area contributed by atoms with Gasteiger partial charge in [-0.2, -0.15) is 0 Å². The molecule has 1 aromatic heterocycles. The van der Waals surface area contributed by atoms with Gasteiger partial charge in [0.1, 0.15) is 0 Å². The molecule has 0 aliphatic carbocycles. The molecule has 2 aromatic rings. The minimum atomic E-state index is -0.197. The van der Waals surface area contributed by atoms with Crippen molar-refractivity contribution in [3.63, 3.8) is 0 Å². The van der Waals surface area contributed by atoms with E-state index in [4.69, 9.17) is 9.97 Å². The first kappa shape index (κ1) is 14.8. The molecule has 1 heterocycles. The van der Waals surface area contributed by atoms with Crippen LogP contribution >= 0.6 is 0 Å². The Balaban J connectivity index is 2.55. The third-order valence-electron chi connectivity index (χ3n) is 3.04. The first-order chi connectivity index (χ1) is 8.62. The van der Waals surface area contributed by atoms with Crippen LogP contribution in [0.2, 0.25) is 11.6 Å². The van der Waals surface area contributed by atoms with E-state index in [0.29, 0.717) is 0 Å². The van der Waals surface area contributed by atoms with Crippen molar-refractivity contribution >= 4 is 81.0 Å². The molecule has 86 valence electrons. The molecule has 0 spiro atoms. The molecule has 2 rings (SSSR count). The van der Waals surface area contributed by atoms with E-state index in [1.807, 2.05) is 0 Å². The minimum absolute atomic E-state index is 0.197. The Hall–Kier alpha value is 0.430. The Morgan fingerprint density at radius 1 is 0.833 bits per heavy atom. The van der Waals surface area contributed by atoms with Crippen molar-refractivity contribution in [2.75, 3.05) is 0 Å². The minimum Gasteiger partial charge on any atom is -0.252 e. The van der Waals surface area contributed by atoms with E-state index in [1.54, 1.807) is 0 Å². The summed E-state index contributed by atoms with van der Waals surface area (Å²) in [5.74, 6) is 5.57. The normalized spacial score (nSPS) is 10.1. The lowest BCUT2D eigenvalue weighted by Gasteiger charge is -2.08. The van der Waals surface area contributed by atoms with Crippen LogP contribution in [0.4, 0.5) is 0 Å². The lowest BCUT2D eigenvalue weighted by atomic mass is 10.2. The highest BCUT2D eigenvalue weighted by Gasteiger charge is 2.07. The molecule has 0 radical (unpaired) electrons. The highest BCUT2D eigenvalue weighted by atomic mass is 27.1. The fourth-order valence-electron chi connectivity index (χ4n) is 2.15. The summed E-state index contributed by atoms with van der Waals surface area (Å²) < 4.78 is 5.54. The molecule has 18 heavy (non-hydrogen) atoms. The standard InChI is InChI=1S/C10H4N2.2CH3.4Al.6H/c1-2-5-9(6-3-1)10-11-7-4-8-12-10;;;;;;;;;;;;/h1,4-6H;2*1H3;;;;;;;;;;. The van der Waals surface area contributed by atoms with Crippen molar-refractivity contribution in [3.8, 4) is 11.4 Å². The zero-order valence-electron chi connectivity index (χ0n) is 11.6. The Labute approximate surface area is 137 Å².